The number of aliphatic hydroxyl groups is 1. The van der Waals surface area contributed by atoms with Gasteiger partial charge >= 0.3 is 0 Å². The van der Waals surface area contributed by atoms with E-state index in [4.69, 9.17) is 11.6 Å². The summed E-state index contributed by atoms with van der Waals surface area (Å²) in [5.74, 6) is -1.53. The second-order valence-electron chi connectivity index (χ2n) is 6.27. The smallest absolute Gasteiger partial charge is 0.287 e. The predicted octanol–water partition coefficient (Wildman–Crippen LogP) is 3.16. The molecule has 1 amide bonds. The lowest BCUT2D eigenvalue weighted by Gasteiger charge is -2.30. The molecular weight excluding hydrogens is 406 g/mol. The third-order valence-electron chi connectivity index (χ3n) is 4.29. The van der Waals surface area contributed by atoms with E-state index < -0.39 is 55.3 Å². The fraction of sp³-hybridized carbons (Fsp3) is 0.643. The van der Waals surface area contributed by atoms with Crippen LogP contribution in [-0.2, 0) is 11.3 Å². The number of amides is 1. The molecule has 1 aliphatic heterocycles. The maximum absolute atomic E-state index is 13.2. The molecule has 1 atom stereocenters. The number of hydrazone groups is 1. The Morgan fingerprint density at radius 1 is 1.22 bits per heavy atom. The average molecular weight is 419 g/mol. The topological polar surface area (TPSA) is 70.7 Å². The fourth-order valence-electron chi connectivity index (χ4n) is 2.83. The molecule has 2 heterocycles. The van der Waals surface area contributed by atoms with Gasteiger partial charge in [-0.05, 0) is 12.8 Å². The summed E-state index contributed by atoms with van der Waals surface area (Å²) in [6, 6.07) is 0. The summed E-state index contributed by atoms with van der Waals surface area (Å²) in [6.45, 7) is -0.868. The Labute approximate surface area is 153 Å². The number of aromatic nitrogens is 2. The number of carbonyl (C=O) groups excluding carboxylic acids is 1. The monoisotopic (exact) mass is 418 g/mol. The van der Waals surface area contributed by atoms with E-state index in [9.17, 15) is 36.2 Å². The van der Waals surface area contributed by atoms with E-state index >= 15 is 0 Å². The Morgan fingerprint density at radius 2 is 1.85 bits per heavy atom. The maximum Gasteiger partial charge on any atom is 0.287 e. The highest BCUT2D eigenvalue weighted by molar-refractivity contribution is 6.32. The highest BCUT2D eigenvalue weighted by atomic mass is 35.5. The van der Waals surface area contributed by atoms with E-state index in [0.29, 0.717) is 12.8 Å². The summed E-state index contributed by atoms with van der Waals surface area (Å²) in [4.78, 5) is 12.4. The molecule has 6 nitrogen and oxygen atoms in total. The zero-order valence-corrected chi connectivity index (χ0v) is 14.2. The van der Waals surface area contributed by atoms with Crippen molar-refractivity contribution < 1.29 is 36.2 Å². The van der Waals surface area contributed by atoms with Gasteiger partial charge in [0.1, 0.15) is 18.0 Å². The Balaban J connectivity index is 1.91. The molecule has 0 saturated heterocycles. The molecule has 0 aromatic carbocycles. The largest absolute Gasteiger partial charge is 0.364 e. The van der Waals surface area contributed by atoms with Gasteiger partial charge in [0.2, 0.25) is 5.72 Å². The zero-order chi connectivity index (χ0) is 20.1. The van der Waals surface area contributed by atoms with Crippen LogP contribution in [0.1, 0.15) is 43.0 Å². The first-order valence-electron chi connectivity index (χ1n) is 7.79. The van der Waals surface area contributed by atoms with Crippen LogP contribution < -0.4 is 0 Å². The van der Waals surface area contributed by atoms with Gasteiger partial charge in [-0.15, -0.1) is 0 Å². The van der Waals surface area contributed by atoms with Crippen LogP contribution in [0.4, 0.5) is 26.3 Å². The molecule has 150 valence electrons. The van der Waals surface area contributed by atoms with Crippen molar-refractivity contribution in [3.8, 4) is 0 Å². The lowest BCUT2D eigenvalue weighted by molar-refractivity contribution is -0.192. The number of alkyl halides is 6. The van der Waals surface area contributed by atoms with Gasteiger partial charge < -0.3 is 5.11 Å². The molecule has 1 aliphatic carbocycles. The molecule has 2 aliphatic rings. The number of halogens is 7. The van der Waals surface area contributed by atoms with Crippen molar-refractivity contribution in [1.29, 1.82) is 0 Å². The van der Waals surface area contributed by atoms with Gasteiger partial charge in [0, 0.05) is 12.3 Å². The van der Waals surface area contributed by atoms with Crippen molar-refractivity contribution in [3.05, 3.63) is 16.4 Å². The first kappa shape index (κ1) is 19.9. The van der Waals surface area contributed by atoms with Crippen molar-refractivity contribution in [2.24, 2.45) is 5.10 Å². The summed E-state index contributed by atoms with van der Waals surface area (Å²) in [5, 5.41) is 16.2. The lowest BCUT2D eigenvalue weighted by Crippen LogP contribution is -2.52. The second-order valence-corrected chi connectivity index (χ2v) is 6.65. The van der Waals surface area contributed by atoms with Gasteiger partial charge in [-0.3, -0.25) is 9.48 Å². The molecule has 3 rings (SSSR count). The van der Waals surface area contributed by atoms with Gasteiger partial charge in [0.05, 0.1) is 10.7 Å². The number of hydrogen-bond donors (Lipinski definition) is 1. The molecule has 0 radical (unpaired) electrons. The minimum atomic E-state index is -3.58. The molecule has 1 aromatic rings. The molecule has 1 unspecified atom stereocenters. The highest BCUT2D eigenvalue weighted by Gasteiger charge is 2.53. The minimum absolute atomic E-state index is 0.131. The van der Waals surface area contributed by atoms with Gasteiger partial charge in [0.15, 0.2) is 0 Å². The van der Waals surface area contributed by atoms with Crippen molar-refractivity contribution in [2.45, 2.75) is 56.7 Å². The molecule has 0 spiro atoms. The van der Waals surface area contributed by atoms with Gasteiger partial charge in [-0.1, -0.05) is 11.6 Å². The molecule has 27 heavy (non-hydrogen) atoms. The Bertz CT molecular complexity index is 782. The molecule has 1 fully saturated rings. The molecule has 1 N–H and O–H groups in total. The number of carbonyl (C=O) groups is 1. The van der Waals surface area contributed by atoms with E-state index in [2.05, 4.69) is 10.2 Å². The van der Waals surface area contributed by atoms with Gasteiger partial charge in [-0.25, -0.2) is 26.3 Å². The predicted molar refractivity (Wildman–Crippen MR) is 80.0 cm³/mol. The summed E-state index contributed by atoms with van der Waals surface area (Å²) in [5.41, 5.74) is -4.96. The summed E-state index contributed by atoms with van der Waals surface area (Å²) >= 11 is 5.89. The molecular formula is C14H13ClF6N4O2. The summed E-state index contributed by atoms with van der Waals surface area (Å²) in [7, 11) is 0. The van der Waals surface area contributed by atoms with Gasteiger partial charge in [-0.2, -0.15) is 15.2 Å². The fourth-order valence-corrected chi connectivity index (χ4v) is 3.20. The van der Waals surface area contributed by atoms with Crippen molar-refractivity contribution >= 4 is 23.2 Å². The number of hydrogen-bond acceptors (Lipinski definition) is 4. The molecule has 13 heteroatoms. The Morgan fingerprint density at radius 3 is 2.33 bits per heavy atom. The van der Waals surface area contributed by atoms with Crippen LogP contribution in [0, 0.1) is 0 Å². The summed E-state index contributed by atoms with van der Waals surface area (Å²) < 4.78 is 78.8. The highest BCUT2D eigenvalue weighted by Crippen LogP contribution is 2.45. The SMILES string of the molecule is O=C(Cn1nc(C(F)F)c(Cl)c1C1CC1)N1N=C(C(F)F)CC1(O)C(F)F. The van der Waals surface area contributed by atoms with Crippen molar-refractivity contribution in [3.63, 3.8) is 0 Å². The van der Waals surface area contributed by atoms with Crippen LogP contribution in [0.2, 0.25) is 5.02 Å². The number of rotatable bonds is 6. The average Bonchev–Trinajstić information content (AvgIpc) is 3.24. The normalized spacial score (nSPS) is 23.1. The van der Waals surface area contributed by atoms with Gasteiger partial charge in [0.25, 0.3) is 25.2 Å². The summed E-state index contributed by atoms with van der Waals surface area (Å²) in [6.07, 6.45) is -9.87. The third kappa shape index (κ3) is 3.51. The van der Waals surface area contributed by atoms with E-state index in [1.165, 1.54) is 0 Å². The lowest BCUT2D eigenvalue weighted by atomic mass is 10.1. The Kier molecular flexibility index (Phi) is 5.14. The first-order chi connectivity index (χ1) is 12.6. The standard InChI is InChI=1S/C14H13ClF6N4O2/c15-8-9(12(18)19)23-24(10(8)5-1-2-5)4-7(26)25-14(27,13(20)21)3-6(22-25)11(16)17/h5,11-13,27H,1-4H2. The first-order valence-corrected chi connectivity index (χ1v) is 8.17. The van der Waals surface area contributed by atoms with Crippen molar-refractivity contribution in [1.82, 2.24) is 14.8 Å². The van der Waals surface area contributed by atoms with E-state index in [-0.39, 0.29) is 21.6 Å². The maximum atomic E-state index is 13.2. The third-order valence-corrected chi connectivity index (χ3v) is 4.67. The minimum Gasteiger partial charge on any atom is -0.364 e. The van der Waals surface area contributed by atoms with Crippen LogP contribution in [0.5, 0.6) is 0 Å². The quantitative estimate of drug-likeness (QED) is 0.721. The van der Waals surface area contributed by atoms with E-state index in [0.717, 1.165) is 4.68 Å². The second kappa shape index (κ2) is 6.97. The van der Waals surface area contributed by atoms with Crippen LogP contribution >= 0.6 is 11.6 Å². The number of nitrogens with zero attached hydrogens (tertiary/aromatic N) is 4. The molecule has 1 saturated carbocycles. The Hall–Kier alpha value is -1.82. The van der Waals surface area contributed by atoms with E-state index in [1.807, 2.05) is 0 Å². The zero-order valence-electron chi connectivity index (χ0n) is 13.4. The van der Waals surface area contributed by atoms with E-state index in [1.54, 1.807) is 0 Å². The van der Waals surface area contributed by atoms with Crippen LogP contribution in [0.3, 0.4) is 0 Å². The van der Waals surface area contributed by atoms with Crippen LogP contribution in [0.25, 0.3) is 0 Å². The van der Waals surface area contributed by atoms with Crippen LogP contribution in [0.15, 0.2) is 5.10 Å². The molecule has 1 aromatic heterocycles. The van der Waals surface area contributed by atoms with Crippen molar-refractivity contribution in [2.75, 3.05) is 0 Å². The van der Waals surface area contributed by atoms with Crippen LogP contribution in [-0.4, -0.2) is 50.1 Å². The molecule has 0 bridgehead atoms.